The second kappa shape index (κ2) is 10.2. The first-order chi connectivity index (χ1) is 11.7. The Morgan fingerprint density at radius 2 is 2.04 bits per heavy atom. The normalized spacial score (nSPS) is 11.8. The van der Waals surface area contributed by atoms with E-state index in [1.54, 1.807) is 24.1 Å². The molecule has 0 aromatic carbocycles. The van der Waals surface area contributed by atoms with Gasteiger partial charge in [0, 0.05) is 37.4 Å². The highest BCUT2D eigenvalue weighted by Crippen LogP contribution is 2.20. The maximum atomic E-state index is 12.6. The lowest BCUT2D eigenvalue weighted by molar-refractivity contribution is 0.0944. The molecule has 1 aromatic heterocycles. The number of nitrogens with zero attached hydrogens (tertiary/aromatic N) is 2. The predicted molar refractivity (Wildman–Crippen MR) is 102 cm³/mol. The Bertz CT molecular complexity index is 593. The topological polar surface area (TPSA) is 83.6 Å². The van der Waals surface area contributed by atoms with Crippen LogP contribution in [0.5, 0.6) is 0 Å². The number of hydrogen-bond acceptors (Lipinski definition) is 5. The summed E-state index contributed by atoms with van der Waals surface area (Å²) in [6.07, 6.45) is 1.91. The molecule has 0 aliphatic rings. The third-order valence-corrected chi connectivity index (χ3v) is 3.80. The molecule has 0 aliphatic carbocycles. The van der Waals surface area contributed by atoms with Gasteiger partial charge < -0.3 is 20.3 Å². The summed E-state index contributed by atoms with van der Waals surface area (Å²) in [7, 11) is 3.66. The SMILES string of the molecule is CCOC(=O)NC(CNC(=O)c1cc(Br)cnc1N(C)C)CC(C)C. The van der Waals surface area contributed by atoms with Gasteiger partial charge in [0.15, 0.2) is 0 Å². The molecular formula is C17H27BrN4O3. The fraction of sp³-hybridized carbons (Fsp3) is 0.588. The second-order valence-electron chi connectivity index (χ2n) is 6.32. The van der Waals surface area contributed by atoms with Crippen LogP contribution in [-0.2, 0) is 4.74 Å². The number of nitrogens with one attached hydrogen (secondary N) is 2. The minimum atomic E-state index is -0.472. The number of carbonyl (C=O) groups excluding carboxylic acids is 2. The van der Waals surface area contributed by atoms with Crippen LogP contribution in [0.15, 0.2) is 16.7 Å². The Kier molecular flexibility index (Phi) is 8.68. The molecule has 25 heavy (non-hydrogen) atoms. The largest absolute Gasteiger partial charge is 0.450 e. The molecule has 2 amide bonds. The average molecular weight is 415 g/mol. The van der Waals surface area contributed by atoms with E-state index in [0.717, 1.165) is 10.9 Å². The summed E-state index contributed by atoms with van der Waals surface area (Å²) in [5.41, 5.74) is 0.471. The smallest absolute Gasteiger partial charge is 0.407 e. The zero-order valence-corrected chi connectivity index (χ0v) is 17.0. The van der Waals surface area contributed by atoms with Crippen molar-refractivity contribution >= 4 is 33.7 Å². The van der Waals surface area contributed by atoms with Crippen LogP contribution in [-0.4, -0.2) is 50.3 Å². The van der Waals surface area contributed by atoms with E-state index in [-0.39, 0.29) is 11.9 Å². The van der Waals surface area contributed by atoms with Crippen molar-refractivity contribution < 1.29 is 14.3 Å². The third kappa shape index (κ3) is 7.29. The van der Waals surface area contributed by atoms with Crippen LogP contribution in [0.2, 0.25) is 0 Å². The number of hydrogen-bond donors (Lipinski definition) is 2. The van der Waals surface area contributed by atoms with Crippen molar-refractivity contribution in [3.05, 3.63) is 22.3 Å². The van der Waals surface area contributed by atoms with Crippen LogP contribution in [0.4, 0.5) is 10.6 Å². The van der Waals surface area contributed by atoms with E-state index in [4.69, 9.17) is 4.74 Å². The van der Waals surface area contributed by atoms with Crippen molar-refractivity contribution in [2.45, 2.75) is 33.2 Å². The second-order valence-corrected chi connectivity index (χ2v) is 7.24. The summed E-state index contributed by atoms with van der Waals surface area (Å²) < 4.78 is 5.65. The zero-order valence-electron chi connectivity index (χ0n) is 15.4. The van der Waals surface area contributed by atoms with Gasteiger partial charge in [-0.15, -0.1) is 0 Å². The van der Waals surface area contributed by atoms with E-state index in [0.29, 0.717) is 30.5 Å². The maximum Gasteiger partial charge on any atom is 0.407 e. The van der Waals surface area contributed by atoms with Crippen LogP contribution < -0.4 is 15.5 Å². The number of ether oxygens (including phenoxy) is 1. The molecule has 140 valence electrons. The molecule has 2 N–H and O–H groups in total. The van der Waals surface area contributed by atoms with Gasteiger partial charge in [0.05, 0.1) is 12.2 Å². The number of alkyl carbamates (subject to hydrolysis) is 1. The van der Waals surface area contributed by atoms with E-state index in [9.17, 15) is 9.59 Å². The standard InChI is InChI=1S/C17H27BrN4O3/c1-6-25-17(24)21-13(7-11(2)3)10-20-16(23)14-8-12(18)9-19-15(14)22(4)5/h8-9,11,13H,6-7,10H2,1-5H3,(H,20,23)(H,21,24). The Morgan fingerprint density at radius 1 is 1.36 bits per heavy atom. The Balaban J connectivity index is 2.80. The average Bonchev–Trinajstić information content (AvgIpc) is 2.51. The molecule has 0 spiro atoms. The molecule has 0 saturated carbocycles. The van der Waals surface area contributed by atoms with Crippen molar-refractivity contribution in [3.63, 3.8) is 0 Å². The van der Waals surface area contributed by atoms with Gasteiger partial charge in [0.25, 0.3) is 5.91 Å². The highest BCUT2D eigenvalue weighted by atomic mass is 79.9. The number of halogens is 1. The van der Waals surface area contributed by atoms with Gasteiger partial charge >= 0.3 is 6.09 Å². The lowest BCUT2D eigenvalue weighted by Gasteiger charge is -2.21. The van der Waals surface area contributed by atoms with Gasteiger partial charge in [-0.2, -0.15) is 0 Å². The summed E-state index contributed by atoms with van der Waals surface area (Å²) in [6, 6.07) is 1.53. The zero-order chi connectivity index (χ0) is 19.0. The van der Waals surface area contributed by atoms with Crippen LogP contribution in [0.25, 0.3) is 0 Å². The van der Waals surface area contributed by atoms with E-state index in [2.05, 4.69) is 45.4 Å². The summed E-state index contributed by atoms with van der Waals surface area (Å²) >= 11 is 3.34. The molecule has 1 aromatic rings. The number of carbonyl (C=O) groups is 2. The molecule has 7 nitrogen and oxygen atoms in total. The molecule has 0 saturated heterocycles. The number of anilines is 1. The highest BCUT2D eigenvalue weighted by molar-refractivity contribution is 9.10. The van der Waals surface area contributed by atoms with Crippen LogP contribution >= 0.6 is 15.9 Å². The van der Waals surface area contributed by atoms with Gasteiger partial charge in [0.2, 0.25) is 0 Å². The van der Waals surface area contributed by atoms with Gasteiger partial charge in [0.1, 0.15) is 5.82 Å². The molecule has 0 bridgehead atoms. The van der Waals surface area contributed by atoms with Gasteiger partial charge in [-0.1, -0.05) is 13.8 Å². The summed E-state index contributed by atoms with van der Waals surface area (Å²) in [5.74, 6) is 0.713. The minimum Gasteiger partial charge on any atom is -0.450 e. The molecule has 1 heterocycles. The molecule has 0 fully saturated rings. The molecule has 8 heteroatoms. The van der Waals surface area contributed by atoms with Crippen molar-refractivity contribution in [2.75, 3.05) is 32.1 Å². The van der Waals surface area contributed by atoms with Gasteiger partial charge in [-0.25, -0.2) is 9.78 Å². The van der Waals surface area contributed by atoms with Gasteiger partial charge in [-0.05, 0) is 41.3 Å². The van der Waals surface area contributed by atoms with E-state index in [1.807, 2.05) is 14.1 Å². The van der Waals surface area contributed by atoms with Crippen molar-refractivity contribution in [1.82, 2.24) is 15.6 Å². The number of rotatable bonds is 8. The summed E-state index contributed by atoms with van der Waals surface area (Å²) in [5, 5.41) is 5.67. The first-order valence-electron chi connectivity index (χ1n) is 8.28. The maximum absolute atomic E-state index is 12.6. The van der Waals surface area contributed by atoms with E-state index >= 15 is 0 Å². The summed E-state index contributed by atoms with van der Waals surface area (Å²) in [4.78, 5) is 30.3. The molecular weight excluding hydrogens is 388 g/mol. The minimum absolute atomic E-state index is 0.203. The highest BCUT2D eigenvalue weighted by Gasteiger charge is 2.19. The first-order valence-corrected chi connectivity index (χ1v) is 9.08. The van der Waals surface area contributed by atoms with Crippen LogP contribution in [0, 0.1) is 5.92 Å². The number of amides is 2. The Labute approximate surface area is 157 Å². The number of pyridine rings is 1. The van der Waals surface area contributed by atoms with Gasteiger partial charge in [-0.3, -0.25) is 4.79 Å². The Morgan fingerprint density at radius 3 is 2.60 bits per heavy atom. The van der Waals surface area contributed by atoms with Crippen molar-refractivity contribution in [1.29, 1.82) is 0 Å². The molecule has 1 unspecified atom stereocenters. The quantitative estimate of drug-likeness (QED) is 0.682. The third-order valence-electron chi connectivity index (χ3n) is 3.36. The van der Waals surface area contributed by atoms with Crippen molar-refractivity contribution in [2.24, 2.45) is 5.92 Å². The monoisotopic (exact) mass is 414 g/mol. The Hall–Kier alpha value is -1.83. The van der Waals surface area contributed by atoms with E-state index in [1.165, 1.54) is 0 Å². The first kappa shape index (κ1) is 21.2. The van der Waals surface area contributed by atoms with Crippen LogP contribution in [0.3, 0.4) is 0 Å². The fourth-order valence-electron chi connectivity index (χ4n) is 2.37. The fourth-order valence-corrected chi connectivity index (χ4v) is 2.70. The molecule has 0 radical (unpaired) electrons. The van der Waals surface area contributed by atoms with Crippen molar-refractivity contribution in [3.8, 4) is 0 Å². The van der Waals surface area contributed by atoms with Crippen LogP contribution in [0.1, 0.15) is 37.6 Å². The predicted octanol–water partition coefficient (Wildman–Crippen LogP) is 2.80. The molecule has 0 aliphatic heterocycles. The number of aromatic nitrogens is 1. The molecule has 1 atom stereocenters. The lowest BCUT2D eigenvalue weighted by Crippen LogP contribution is -2.44. The van der Waals surface area contributed by atoms with E-state index < -0.39 is 6.09 Å². The summed E-state index contributed by atoms with van der Waals surface area (Å²) in [6.45, 7) is 6.49. The lowest BCUT2D eigenvalue weighted by atomic mass is 10.0. The molecule has 1 rings (SSSR count).